The minimum Gasteiger partial charge on any atom is -0.497 e. The lowest BCUT2D eigenvalue weighted by Crippen LogP contribution is -2.06. The Morgan fingerprint density at radius 1 is 0.933 bits per heavy atom. The molecule has 0 amide bonds. The van der Waals surface area contributed by atoms with Crippen LogP contribution >= 0.6 is 23.2 Å². The Balaban J connectivity index is 2.01. The second-order valence-corrected chi connectivity index (χ2v) is 9.28. The fourth-order valence-corrected chi connectivity index (χ4v) is 5.10. The zero-order valence-electron chi connectivity index (χ0n) is 15.6. The van der Waals surface area contributed by atoms with Gasteiger partial charge < -0.3 is 4.74 Å². The van der Waals surface area contributed by atoms with Crippen LogP contribution in [0.5, 0.6) is 5.75 Å². The van der Waals surface area contributed by atoms with E-state index in [2.05, 4.69) is 4.98 Å². The molecule has 0 radical (unpaired) electrons. The van der Waals surface area contributed by atoms with E-state index in [0.29, 0.717) is 22.3 Å². The topological polar surface area (TPSA) is 56.3 Å². The molecule has 0 N–H and O–H groups in total. The standard InChI is InChI=1S/C22H14Cl2FNO3S/c1-29-17-4-2-3-13(7-17)20-12-22(26-21-11-16(25)5-6-19(20)21)30(27,28)18-9-14(23)8-15(24)10-18/h2-12H,1H3. The summed E-state index contributed by atoms with van der Waals surface area (Å²) in [6.45, 7) is 0. The molecule has 0 aliphatic heterocycles. The van der Waals surface area contributed by atoms with Crippen molar-refractivity contribution in [2.45, 2.75) is 9.92 Å². The minimum absolute atomic E-state index is 0.0974. The number of rotatable bonds is 4. The van der Waals surface area contributed by atoms with Crippen LogP contribution in [0.15, 0.2) is 76.7 Å². The summed E-state index contributed by atoms with van der Waals surface area (Å²) in [7, 11) is -2.53. The van der Waals surface area contributed by atoms with Crippen LogP contribution in [0, 0.1) is 5.82 Å². The molecule has 0 aliphatic rings. The molecule has 4 aromatic rings. The number of pyridine rings is 1. The largest absolute Gasteiger partial charge is 0.497 e. The van der Waals surface area contributed by atoms with Gasteiger partial charge in [0.1, 0.15) is 11.6 Å². The van der Waals surface area contributed by atoms with Gasteiger partial charge in [-0.05, 0) is 59.7 Å². The Hall–Kier alpha value is -2.67. The van der Waals surface area contributed by atoms with Gasteiger partial charge in [0.05, 0.1) is 17.5 Å². The quantitative estimate of drug-likeness (QED) is 0.363. The van der Waals surface area contributed by atoms with Crippen LogP contribution in [0.25, 0.3) is 22.0 Å². The Kier molecular flexibility index (Phi) is 5.40. The molecule has 4 nitrogen and oxygen atoms in total. The van der Waals surface area contributed by atoms with Crippen molar-refractivity contribution in [2.24, 2.45) is 0 Å². The normalized spacial score (nSPS) is 11.6. The molecule has 0 bridgehead atoms. The molecule has 30 heavy (non-hydrogen) atoms. The van der Waals surface area contributed by atoms with E-state index in [0.717, 1.165) is 0 Å². The third-order valence-electron chi connectivity index (χ3n) is 4.55. The molecular formula is C22H14Cl2FNO3S. The van der Waals surface area contributed by atoms with Gasteiger partial charge in [-0.3, -0.25) is 0 Å². The van der Waals surface area contributed by atoms with Crippen LogP contribution < -0.4 is 4.74 Å². The molecule has 0 spiro atoms. The number of hydrogen-bond acceptors (Lipinski definition) is 4. The van der Waals surface area contributed by atoms with Crippen molar-refractivity contribution in [1.82, 2.24) is 4.98 Å². The van der Waals surface area contributed by atoms with Gasteiger partial charge in [-0.2, -0.15) is 0 Å². The second-order valence-electron chi connectivity index (χ2n) is 6.51. The molecule has 0 fully saturated rings. The number of methoxy groups -OCH3 is 1. The molecular weight excluding hydrogens is 448 g/mol. The highest BCUT2D eigenvalue weighted by atomic mass is 35.5. The first-order valence-corrected chi connectivity index (χ1v) is 11.0. The predicted molar refractivity (Wildman–Crippen MR) is 116 cm³/mol. The average molecular weight is 462 g/mol. The van der Waals surface area contributed by atoms with Crippen molar-refractivity contribution in [3.63, 3.8) is 0 Å². The van der Waals surface area contributed by atoms with Crippen molar-refractivity contribution in [3.05, 3.63) is 82.6 Å². The van der Waals surface area contributed by atoms with Crippen LogP contribution in [0.3, 0.4) is 0 Å². The monoisotopic (exact) mass is 461 g/mol. The smallest absolute Gasteiger partial charge is 0.223 e. The minimum atomic E-state index is -4.07. The van der Waals surface area contributed by atoms with Crippen molar-refractivity contribution in [3.8, 4) is 16.9 Å². The van der Waals surface area contributed by atoms with Gasteiger partial charge in [-0.15, -0.1) is 0 Å². The van der Waals surface area contributed by atoms with Crippen molar-refractivity contribution in [2.75, 3.05) is 7.11 Å². The maximum atomic E-state index is 13.9. The molecule has 0 atom stereocenters. The number of hydrogen-bond donors (Lipinski definition) is 0. The third-order valence-corrected chi connectivity index (χ3v) is 6.60. The number of nitrogens with zero attached hydrogens (tertiary/aromatic N) is 1. The van der Waals surface area contributed by atoms with Crippen LogP contribution in [-0.2, 0) is 9.84 Å². The second kappa shape index (κ2) is 7.87. The fourth-order valence-electron chi connectivity index (χ4n) is 3.15. The number of halogens is 3. The van der Waals surface area contributed by atoms with E-state index >= 15 is 0 Å². The fraction of sp³-hybridized carbons (Fsp3) is 0.0455. The van der Waals surface area contributed by atoms with Crippen LogP contribution in [0.2, 0.25) is 10.0 Å². The first-order valence-electron chi connectivity index (χ1n) is 8.74. The summed E-state index contributed by atoms with van der Waals surface area (Å²) in [5.41, 5.74) is 1.49. The zero-order chi connectivity index (χ0) is 21.5. The summed E-state index contributed by atoms with van der Waals surface area (Å²) in [6, 6.07) is 16.7. The number of sulfone groups is 1. The third kappa shape index (κ3) is 3.86. The van der Waals surface area contributed by atoms with Gasteiger partial charge in [0.2, 0.25) is 9.84 Å². The van der Waals surface area contributed by atoms with Crippen molar-refractivity contribution < 1.29 is 17.5 Å². The number of ether oxygens (including phenoxy) is 1. The van der Waals surface area contributed by atoms with Gasteiger partial charge >= 0.3 is 0 Å². The highest BCUT2D eigenvalue weighted by Gasteiger charge is 2.23. The molecule has 152 valence electrons. The maximum Gasteiger partial charge on any atom is 0.223 e. The molecule has 3 aromatic carbocycles. The van der Waals surface area contributed by atoms with Crippen LogP contribution in [0.4, 0.5) is 4.39 Å². The molecule has 0 saturated carbocycles. The Labute approximate surface area is 182 Å². The van der Waals surface area contributed by atoms with Gasteiger partial charge in [0.15, 0.2) is 5.03 Å². The lowest BCUT2D eigenvalue weighted by molar-refractivity contribution is 0.415. The van der Waals surface area contributed by atoms with Gasteiger partial charge in [-0.25, -0.2) is 17.8 Å². The molecule has 0 aliphatic carbocycles. The number of aromatic nitrogens is 1. The number of benzene rings is 3. The highest BCUT2D eigenvalue weighted by Crippen LogP contribution is 2.34. The first-order chi connectivity index (χ1) is 14.3. The molecule has 0 saturated heterocycles. The first kappa shape index (κ1) is 20.6. The van der Waals surface area contributed by atoms with E-state index in [1.807, 2.05) is 6.07 Å². The Morgan fingerprint density at radius 2 is 1.67 bits per heavy atom. The summed E-state index contributed by atoms with van der Waals surface area (Å²) < 4.78 is 45.7. The zero-order valence-corrected chi connectivity index (χ0v) is 17.9. The van der Waals surface area contributed by atoms with E-state index in [-0.39, 0.29) is 25.5 Å². The summed E-state index contributed by atoms with van der Waals surface area (Å²) >= 11 is 12.0. The van der Waals surface area contributed by atoms with E-state index in [9.17, 15) is 12.8 Å². The van der Waals surface area contributed by atoms with Gasteiger partial charge in [0, 0.05) is 21.5 Å². The Morgan fingerprint density at radius 3 is 2.37 bits per heavy atom. The summed E-state index contributed by atoms with van der Waals surface area (Å²) in [4.78, 5) is 4.13. The molecule has 8 heteroatoms. The lowest BCUT2D eigenvalue weighted by atomic mass is 10.0. The average Bonchev–Trinajstić information content (AvgIpc) is 2.72. The lowest BCUT2D eigenvalue weighted by Gasteiger charge is -2.12. The summed E-state index contributed by atoms with van der Waals surface area (Å²) in [6.07, 6.45) is 0. The van der Waals surface area contributed by atoms with Crippen molar-refractivity contribution >= 4 is 43.9 Å². The van der Waals surface area contributed by atoms with Crippen molar-refractivity contribution in [1.29, 1.82) is 0 Å². The maximum absolute atomic E-state index is 13.9. The summed E-state index contributed by atoms with van der Waals surface area (Å²) in [5, 5.41) is 0.728. The van der Waals surface area contributed by atoms with E-state index in [1.54, 1.807) is 24.3 Å². The van der Waals surface area contributed by atoms with E-state index in [4.69, 9.17) is 27.9 Å². The van der Waals surface area contributed by atoms with Gasteiger partial charge in [-0.1, -0.05) is 35.3 Å². The molecule has 4 rings (SSSR count). The number of fused-ring (bicyclic) bond motifs is 1. The highest BCUT2D eigenvalue weighted by molar-refractivity contribution is 7.91. The van der Waals surface area contributed by atoms with Gasteiger partial charge in [0.25, 0.3) is 0 Å². The summed E-state index contributed by atoms with van der Waals surface area (Å²) in [5.74, 6) is 0.0811. The van der Waals surface area contributed by atoms with Crippen LogP contribution in [0.1, 0.15) is 0 Å². The molecule has 0 unspecified atom stereocenters. The van der Waals surface area contributed by atoms with E-state index < -0.39 is 15.7 Å². The van der Waals surface area contributed by atoms with Crippen LogP contribution in [-0.4, -0.2) is 20.5 Å². The molecule has 1 heterocycles. The van der Waals surface area contributed by atoms with E-state index in [1.165, 1.54) is 43.5 Å². The predicted octanol–water partition coefficient (Wildman–Crippen LogP) is 6.19. The SMILES string of the molecule is COc1cccc(-c2cc(S(=O)(=O)c3cc(Cl)cc(Cl)c3)nc3cc(F)ccc23)c1. The Bertz CT molecular complexity index is 1370. The molecule has 1 aromatic heterocycles.